The van der Waals surface area contributed by atoms with Crippen molar-refractivity contribution >= 4 is 15.5 Å². The first-order valence-corrected chi connectivity index (χ1v) is 8.34. The summed E-state index contributed by atoms with van der Waals surface area (Å²) >= 11 is 0. The van der Waals surface area contributed by atoms with Gasteiger partial charge in [-0.1, -0.05) is 6.92 Å². The van der Waals surface area contributed by atoms with Gasteiger partial charge in [-0.3, -0.25) is 0 Å². The molecule has 0 aromatic heterocycles. The minimum atomic E-state index is -3.13. The Morgan fingerprint density at radius 3 is 2.37 bits per heavy atom. The molecule has 1 aliphatic rings. The van der Waals surface area contributed by atoms with Crippen molar-refractivity contribution in [3.63, 3.8) is 0 Å². The van der Waals surface area contributed by atoms with E-state index in [1.165, 1.54) is 0 Å². The first-order chi connectivity index (χ1) is 9.01. The van der Waals surface area contributed by atoms with Crippen LogP contribution >= 0.6 is 0 Å². The number of sulfone groups is 1. The lowest BCUT2D eigenvalue weighted by Gasteiger charge is -2.14. The van der Waals surface area contributed by atoms with Crippen molar-refractivity contribution in [1.29, 1.82) is 0 Å². The molecule has 2 rings (SSSR count). The van der Waals surface area contributed by atoms with Crippen molar-refractivity contribution in [2.75, 3.05) is 24.2 Å². The number of aliphatic hydroxyl groups is 1. The van der Waals surface area contributed by atoms with Gasteiger partial charge >= 0.3 is 0 Å². The maximum atomic E-state index is 11.9. The van der Waals surface area contributed by atoms with Crippen LogP contribution in [0.5, 0.6) is 0 Å². The topological polar surface area (TPSA) is 66.4 Å². The SMILES string of the molecule is CCCS(=O)(=O)c1ccc(NCC2(CO)CC2)cc1. The average Bonchev–Trinajstić information content (AvgIpc) is 3.17. The fraction of sp³-hybridized carbons (Fsp3) is 0.571. The van der Waals surface area contributed by atoms with E-state index in [4.69, 9.17) is 0 Å². The first kappa shape index (κ1) is 14.3. The Morgan fingerprint density at radius 1 is 1.26 bits per heavy atom. The van der Waals surface area contributed by atoms with Gasteiger partial charge in [-0.2, -0.15) is 0 Å². The second-order valence-corrected chi connectivity index (χ2v) is 7.46. The third-order valence-electron chi connectivity index (χ3n) is 3.65. The third-order valence-corrected chi connectivity index (χ3v) is 5.58. The highest BCUT2D eigenvalue weighted by atomic mass is 32.2. The summed E-state index contributed by atoms with van der Waals surface area (Å²) in [4.78, 5) is 0.378. The third kappa shape index (κ3) is 3.48. The molecule has 106 valence electrons. The number of rotatable bonds is 7. The lowest BCUT2D eigenvalue weighted by molar-refractivity contribution is 0.220. The normalized spacial score (nSPS) is 17.2. The molecule has 1 fully saturated rings. The zero-order chi connectivity index (χ0) is 13.9. The van der Waals surface area contributed by atoms with Crippen molar-refractivity contribution < 1.29 is 13.5 Å². The molecule has 0 heterocycles. The van der Waals surface area contributed by atoms with Crippen LogP contribution in [0.15, 0.2) is 29.2 Å². The lowest BCUT2D eigenvalue weighted by atomic mass is 10.1. The van der Waals surface area contributed by atoms with E-state index in [-0.39, 0.29) is 17.8 Å². The van der Waals surface area contributed by atoms with Crippen LogP contribution in [0.3, 0.4) is 0 Å². The summed E-state index contributed by atoms with van der Waals surface area (Å²) in [6.07, 6.45) is 2.74. The van der Waals surface area contributed by atoms with E-state index in [0.29, 0.717) is 11.3 Å². The number of aliphatic hydroxyl groups excluding tert-OH is 1. The van der Waals surface area contributed by atoms with Gasteiger partial charge in [-0.15, -0.1) is 0 Å². The number of anilines is 1. The molecule has 0 saturated heterocycles. The molecule has 0 bridgehead atoms. The molecule has 2 N–H and O–H groups in total. The molecule has 1 aromatic rings. The molecule has 1 aliphatic carbocycles. The smallest absolute Gasteiger partial charge is 0.178 e. The molecule has 0 spiro atoms. The van der Waals surface area contributed by atoms with Gasteiger partial charge in [-0.05, 0) is 43.5 Å². The van der Waals surface area contributed by atoms with Gasteiger partial charge in [-0.25, -0.2) is 8.42 Å². The lowest BCUT2D eigenvalue weighted by Crippen LogP contribution is -2.19. The molecular formula is C14H21NO3S. The standard InChI is InChI=1S/C14H21NO3S/c1-2-9-19(17,18)13-5-3-12(4-6-13)15-10-14(11-16)7-8-14/h3-6,15-16H,2,7-11H2,1H3. The molecule has 0 radical (unpaired) electrons. The van der Waals surface area contributed by atoms with Gasteiger partial charge in [0.15, 0.2) is 9.84 Å². The maximum Gasteiger partial charge on any atom is 0.178 e. The highest BCUT2D eigenvalue weighted by Gasteiger charge is 2.41. The van der Waals surface area contributed by atoms with E-state index >= 15 is 0 Å². The molecule has 0 amide bonds. The van der Waals surface area contributed by atoms with Gasteiger partial charge in [0.1, 0.15) is 0 Å². The molecule has 1 saturated carbocycles. The van der Waals surface area contributed by atoms with E-state index in [2.05, 4.69) is 5.32 Å². The molecule has 0 aliphatic heterocycles. The predicted molar refractivity (Wildman–Crippen MR) is 76.0 cm³/mol. The zero-order valence-electron chi connectivity index (χ0n) is 11.2. The Bertz CT molecular complexity index is 518. The van der Waals surface area contributed by atoms with Gasteiger partial charge in [0.25, 0.3) is 0 Å². The summed E-state index contributed by atoms with van der Waals surface area (Å²) in [6.45, 7) is 2.81. The quantitative estimate of drug-likeness (QED) is 0.804. The van der Waals surface area contributed by atoms with Crippen molar-refractivity contribution in [3.05, 3.63) is 24.3 Å². The highest BCUT2D eigenvalue weighted by Crippen LogP contribution is 2.44. The van der Waals surface area contributed by atoms with E-state index in [1.54, 1.807) is 24.3 Å². The Kier molecular flexibility index (Phi) is 4.16. The van der Waals surface area contributed by atoms with Crippen LogP contribution in [-0.4, -0.2) is 32.4 Å². The zero-order valence-corrected chi connectivity index (χ0v) is 12.0. The van der Waals surface area contributed by atoms with Crippen LogP contribution in [0.4, 0.5) is 5.69 Å². The predicted octanol–water partition coefficient (Wildman–Crippen LogP) is 2.05. The fourth-order valence-corrected chi connectivity index (χ4v) is 3.35. The van der Waals surface area contributed by atoms with E-state index in [0.717, 1.165) is 25.1 Å². The van der Waals surface area contributed by atoms with Crippen LogP contribution in [0.2, 0.25) is 0 Å². The Morgan fingerprint density at radius 2 is 1.89 bits per heavy atom. The van der Waals surface area contributed by atoms with Crippen LogP contribution < -0.4 is 5.32 Å². The highest BCUT2D eigenvalue weighted by molar-refractivity contribution is 7.91. The van der Waals surface area contributed by atoms with Gasteiger partial charge in [0.2, 0.25) is 0 Å². The van der Waals surface area contributed by atoms with Crippen molar-refractivity contribution in [2.45, 2.75) is 31.1 Å². The molecular weight excluding hydrogens is 262 g/mol. The largest absolute Gasteiger partial charge is 0.396 e. The maximum absolute atomic E-state index is 11.9. The molecule has 5 heteroatoms. The summed E-state index contributed by atoms with van der Waals surface area (Å²) in [5.41, 5.74) is 0.947. The number of hydrogen-bond donors (Lipinski definition) is 2. The molecule has 4 nitrogen and oxygen atoms in total. The fourth-order valence-electron chi connectivity index (χ4n) is 2.02. The molecule has 1 aromatic carbocycles. The molecule has 19 heavy (non-hydrogen) atoms. The van der Waals surface area contributed by atoms with Crippen LogP contribution in [0.25, 0.3) is 0 Å². The average molecular weight is 283 g/mol. The van der Waals surface area contributed by atoms with Gasteiger partial charge < -0.3 is 10.4 Å². The minimum Gasteiger partial charge on any atom is -0.396 e. The van der Waals surface area contributed by atoms with Crippen LogP contribution in [0, 0.1) is 5.41 Å². The Labute approximate surface area is 114 Å². The van der Waals surface area contributed by atoms with Gasteiger partial charge in [0.05, 0.1) is 17.3 Å². The Balaban J connectivity index is 1.99. The summed E-state index contributed by atoms with van der Waals surface area (Å²) in [5, 5.41) is 12.5. The summed E-state index contributed by atoms with van der Waals surface area (Å²) in [5.74, 6) is 0.188. The summed E-state index contributed by atoms with van der Waals surface area (Å²) < 4.78 is 23.7. The van der Waals surface area contributed by atoms with Crippen molar-refractivity contribution in [1.82, 2.24) is 0 Å². The molecule has 0 atom stereocenters. The van der Waals surface area contributed by atoms with E-state index < -0.39 is 9.84 Å². The monoisotopic (exact) mass is 283 g/mol. The van der Waals surface area contributed by atoms with Crippen molar-refractivity contribution in [2.24, 2.45) is 5.41 Å². The summed E-state index contributed by atoms with van der Waals surface area (Å²) in [7, 11) is -3.13. The van der Waals surface area contributed by atoms with E-state index in [9.17, 15) is 13.5 Å². The van der Waals surface area contributed by atoms with Crippen LogP contribution in [0.1, 0.15) is 26.2 Å². The molecule has 0 unspecified atom stereocenters. The Hall–Kier alpha value is -1.07. The van der Waals surface area contributed by atoms with Gasteiger partial charge in [0, 0.05) is 17.6 Å². The van der Waals surface area contributed by atoms with Crippen LogP contribution in [-0.2, 0) is 9.84 Å². The number of nitrogens with one attached hydrogen (secondary N) is 1. The van der Waals surface area contributed by atoms with Crippen molar-refractivity contribution in [3.8, 4) is 0 Å². The number of hydrogen-bond acceptors (Lipinski definition) is 4. The second-order valence-electron chi connectivity index (χ2n) is 5.35. The summed E-state index contributed by atoms with van der Waals surface area (Å²) in [6, 6.07) is 6.86. The van der Waals surface area contributed by atoms with E-state index in [1.807, 2.05) is 6.92 Å². The minimum absolute atomic E-state index is 0.0486. The number of benzene rings is 1. The first-order valence-electron chi connectivity index (χ1n) is 6.69. The second kappa shape index (κ2) is 5.51.